The third-order valence-electron chi connectivity index (χ3n) is 5.43. The molecule has 32 heavy (non-hydrogen) atoms. The van der Waals surface area contributed by atoms with Crippen LogP contribution in [-0.4, -0.2) is 34.1 Å². The Balaban J connectivity index is 1.58. The Kier molecular flexibility index (Phi) is 6.07. The molecule has 0 radical (unpaired) electrons. The number of hydrogen-bond donors (Lipinski definition) is 1. The van der Waals surface area contributed by atoms with Gasteiger partial charge in [0.25, 0.3) is 11.6 Å². The average molecular weight is 436 g/mol. The molecule has 3 aromatic rings. The predicted octanol–water partition coefficient (Wildman–Crippen LogP) is 4.45. The van der Waals surface area contributed by atoms with Crippen molar-refractivity contribution in [2.24, 2.45) is 0 Å². The van der Waals surface area contributed by atoms with E-state index in [4.69, 9.17) is 9.47 Å². The molecule has 9 nitrogen and oxygen atoms in total. The molecule has 0 unspecified atom stereocenters. The largest absolute Gasteiger partial charge is 0.493 e. The van der Waals surface area contributed by atoms with Crippen molar-refractivity contribution in [1.29, 1.82) is 0 Å². The lowest BCUT2D eigenvalue weighted by Gasteiger charge is -2.16. The average Bonchev–Trinajstić information content (AvgIpc) is 3.23. The summed E-state index contributed by atoms with van der Waals surface area (Å²) in [6.45, 7) is 3.06. The summed E-state index contributed by atoms with van der Waals surface area (Å²) in [5.41, 5.74) is 2.24. The summed E-state index contributed by atoms with van der Waals surface area (Å²) < 4.78 is 12.9. The normalized spacial score (nSPS) is 12.7. The Bertz CT molecular complexity index is 1150. The lowest BCUT2D eigenvalue weighted by molar-refractivity contribution is -0.385. The van der Waals surface area contributed by atoms with Crippen LogP contribution >= 0.6 is 0 Å². The lowest BCUT2D eigenvalue weighted by atomic mass is 10.1. The first-order chi connectivity index (χ1) is 15.5. The maximum atomic E-state index is 12.9. The molecule has 0 spiro atoms. The minimum atomic E-state index is -0.613. The molecule has 166 valence electrons. The molecule has 0 aliphatic carbocycles. The number of nitro groups is 1. The summed E-state index contributed by atoms with van der Waals surface area (Å²) in [5, 5.41) is 14.3. The first kappa shape index (κ1) is 21.4. The van der Waals surface area contributed by atoms with Gasteiger partial charge in [0.2, 0.25) is 0 Å². The van der Waals surface area contributed by atoms with Crippen LogP contribution in [0.25, 0.3) is 11.4 Å². The van der Waals surface area contributed by atoms with Crippen LogP contribution in [0.15, 0.2) is 42.6 Å². The van der Waals surface area contributed by atoms with Crippen LogP contribution in [0.5, 0.6) is 11.5 Å². The monoisotopic (exact) mass is 436 g/mol. The zero-order valence-electron chi connectivity index (χ0n) is 18.0. The fourth-order valence-corrected chi connectivity index (χ4v) is 3.88. The molecule has 2 heterocycles. The van der Waals surface area contributed by atoms with Gasteiger partial charge in [0, 0.05) is 35.8 Å². The van der Waals surface area contributed by atoms with Gasteiger partial charge >= 0.3 is 0 Å². The second-order valence-electron chi connectivity index (χ2n) is 7.42. The summed E-state index contributed by atoms with van der Waals surface area (Å²) >= 11 is 0. The minimum absolute atomic E-state index is 0.106. The van der Waals surface area contributed by atoms with Gasteiger partial charge in [-0.2, -0.15) is 0 Å². The zero-order valence-corrected chi connectivity index (χ0v) is 18.0. The number of amides is 1. The smallest absolute Gasteiger partial charge is 0.286 e. The Hall–Kier alpha value is -3.88. The molecule has 0 atom stereocenters. The van der Waals surface area contributed by atoms with Gasteiger partial charge in [0.1, 0.15) is 11.4 Å². The number of ether oxygens (including phenoxy) is 2. The van der Waals surface area contributed by atoms with Gasteiger partial charge < -0.3 is 19.4 Å². The number of carbonyl (C=O) groups excluding carboxylic acids is 1. The van der Waals surface area contributed by atoms with Crippen LogP contribution in [0.4, 0.5) is 11.4 Å². The molecular formula is C23H24N4O5. The lowest BCUT2D eigenvalue weighted by Crippen LogP contribution is -2.14. The summed E-state index contributed by atoms with van der Waals surface area (Å²) in [5.74, 6) is 0.767. The highest BCUT2D eigenvalue weighted by molar-refractivity contribution is 6.07. The highest BCUT2D eigenvalue weighted by atomic mass is 16.6. The number of methoxy groups -OCH3 is 1. The number of carbonyl (C=O) groups is 1. The number of nitrogens with one attached hydrogen (secondary N) is 1. The van der Waals surface area contributed by atoms with E-state index in [9.17, 15) is 14.9 Å². The number of fused-ring (bicyclic) bond motifs is 1. The van der Waals surface area contributed by atoms with Crippen LogP contribution in [0.1, 0.15) is 35.8 Å². The van der Waals surface area contributed by atoms with Crippen LogP contribution in [0.3, 0.4) is 0 Å². The van der Waals surface area contributed by atoms with Gasteiger partial charge in [-0.05, 0) is 50.5 Å². The topological polar surface area (TPSA) is 109 Å². The van der Waals surface area contributed by atoms with Crippen LogP contribution in [0.2, 0.25) is 0 Å². The fraction of sp³-hybridized carbons (Fsp3) is 0.304. The summed E-state index contributed by atoms with van der Waals surface area (Å²) in [6, 6.07) is 9.82. The quantitative estimate of drug-likeness (QED) is 0.433. The van der Waals surface area contributed by atoms with Gasteiger partial charge in [0.05, 0.1) is 24.7 Å². The third kappa shape index (κ3) is 4.14. The van der Waals surface area contributed by atoms with Crippen molar-refractivity contribution in [1.82, 2.24) is 9.55 Å². The number of hydrogen-bond acceptors (Lipinski definition) is 6. The second kappa shape index (κ2) is 9.09. The second-order valence-corrected chi connectivity index (χ2v) is 7.42. The van der Waals surface area contributed by atoms with Gasteiger partial charge in [-0.3, -0.25) is 14.9 Å². The van der Waals surface area contributed by atoms with E-state index in [1.165, 1.54) is 31.4 Å². The molecule has 1 aliphatic rings. The molecule has 9 heteroatoms. The van der Waals surface area contributed by atoms with Crippen molar-refractivity contribution >= 4 is 17.3 Å². The molecule has 4 rings (SSSR count). The van der Waals surface area contributed by atoms with Crippen LogP contribution < -0.4 is 14.8 Å². The molecule has 0 fully saturated rings. The highest BCUT2D eigenvalue weighted by Crippen LogP contribution is 2.35. The molecule has 0 saturated heterocycles. The van der Waals surface area contributed by atoms with Crippen molar-refractivity contribution in [2.45, 2.75) is 32.7 Å². The Labute approximate surface area is 185 Å². The van der Waals surface area contributed by atoms with E-state index in [2.05, 4.69) is 14.9 Å². The number of benzene rings is 2. The molecular weight excluding hydrogens is 412 g/mol. The predicted molar refractivity (Wildman–Crippen MR) is 119 cm³/mol. The highest BCUT2D eigenvalue weighted by Gasteiger charge is 2.25. The van der Waals surface area contributed by atoms with Crippen molar-refractivity contribution in [3.05, 3.63) is 64.0 Å². The first-order valence-electron chi connectivity index (χ1n) is 10.5. The van der Waals surface area contributed by atoms with Crippen LogP contribution in [-0.2, 0) is 13.0 Å². The minimum Gasteiger partial charge on any atom is -0.493 e. The van der Waals surface area contributed by atoms with Gasteiger partial charge in [-0.25, -0.2) is 4.98 Å². The Morgan fingerprint density at radius 3 is 2.69 bits per heavy atom. The summed E-state index contributed by atoms with van der Waals surface area (Å²) in [7, 11) is 1.39. The Morgan fingerprint density at radius 2 is 2.00 bits per heavy atom. The van der Waals surface area contributed by atoms with Crippen molar-refractivity contribution in [3.8, 4) is 22.9 Å². The summed E-state index contributed by atoms with van der Waals surface area (Å²) in [4.78, 5) is 28.3. The van der Waals surface area contributed by atoms with E-state index < -0.39 is 10.8 Å². The molecule has 1 aromatic heterocycles. The Morgan fingerprint density at radius 1 is 1.22 bits per heavy atom. The third-order valence-corrected chi connectivity index (χ3v) is 5.43. The number of aromatic nitrogens is 2. The number of nitrogens with zero attached hydrogens (tertiary/aromatic N) is 3. The molecule has 1 aliphatic heterocycles. The first-order valence-corrected chi connectivity index (χ1v) is 10.5. The zero-order chi connectivity index (χ0) is 22.7. The molecule has 1 amide bonds. The molecule has 0 saturated carbocycles. The van der Waals surface area contributed by atoms with E-state index in [0.29, 0.717) is 12.3 Å². The number of aryl methyl sites for hydroxylation is 1. The maximum Gasteiger partial charge on any atom is 0.286 e. The molecule has 2 aromatic carbocycles. The van der Waals surface area contributed by atoms with E-state index in [1.807, 2.05) is 18.3 Å². The number of imidazole rings is 1. The molecule has 0 bridgehead atoms. The standard InChI is InChI=1S/C23H24N4O5/c1-3-32-21-12-18(19(27(29)30)13-20(21)31-2)23(28)25-16-9-7-15(8-10-16)22-24-14-17-6-4-5-11-26(17)22/h7-10,12-14H,3-6,11H2,1-2H3,(H,25,28). The number of rotatable bonds is 7. The van der Waals surface area contributed by atoms with Crippen LogP contribution in [0, 0.1) is 10.1 Å². The van der Waals surface area contributed by atoms with Gasteiger partial charge in [-0.15, -0.1) is 0 Å². The van der Waals surface area contributed by atoms with E-state index in [0.717, 1.165) is 30.8 Å². The van der Waals surface area contributed by atoms with Gasteiger partial charge in [0.15, 0.2) is 11.5 Å². The van der Waals surface area contributed by atoms with E-state index in [-0.39, 0.29) is 22.7 Å². The SMILES string of the molecule is CCOc1cc(C(=O)Nc2ccc(-c3ncc4n3CCCC4)cc2)c([N+](=O)[O-])cc1OC. The van der Waals surface area contributed by atoms with Gasteiger partial charge in [-0.1, -0.05) is 0 Å². The molecule has 1 N–H and O–H groups in total. The van der Waals surface area contributed by atoms with E-state index in [1.54, 1.807) is 19.1 Å². The summed E-state index contributed by atoms with van der Waals surface area (Å²) in [6.07, 6.45) is 5.27. The maximum absolute atomic E-state index is 12.9. The van der Waals surface area contributed by atoms with E-state index >= 15 is 0 Å². The van der Waals surface area contributed by atoms with Crippen molar-refractivity contribution in [3.63, 3.8) is 0 Å². The van der Waals surface area contributed by atoms with Crippen molar-refractivity contribution < 1.29 is 19.2 Å². The van der Waals surface area contributed by atoms with Crippen molar-refractivity contribution in [2.75, 3.05) is 19.0 Å². The number of nitro benzene ring substituents is 1. The number of anilines is 1. The fourth-order valence-electron chi connectivity index (χ4n) is 3.88.